The monoisotopic (exact) mass is 340 g/mol. The lowest BCUT2D eigenvalue weighted by molar-refractivity contribution is -0.117. The van der Waals surface area contributed by atoms with E-state index in [9.17, 15) is 9.59 Å². The Morgan fingerprint density at radius 2 is 2.04 bits per heavy atom. The molecule has 128 valence electrons. The number of carbonyl (C=O) groups is 2. The third-order valence-corrected chi connectivity index (χ3v) is 3.35. The Balaban J connectivity index is 1.85. The van der Waals surface area contributed by atoms with Crippen LogP contribution in [0.2, 0.25) is 0 Å². The van der Waals surface area contributed by atoms with E-state index in [-0.39, 0.29) is 24.8 Å². The quantitative estimate of drug-likeness (QED) is 0.621. The molecule has 25 heavy (non-hydrogen) atoms. The summed E-state index contributed by atoms with van der Waals surface area (Å²) in [6.07, 6.45) is 4.47. The summed E-state index contributed by atoms with van der Waals surface area (Å²) < 4.78 is 15.6. The van der Waals surface area contributed by atoms with Crippen molar-refractivity contribution in [1.29, 1.82) is 0 Å². The van der Waals surface area contributed by atoms with Crippen LogP contribution in [0.5, 0.6) is 11.5 Å². The zero-order valence-corrected chi connectivity index (χ0v) is 13.3. The lowest BCUT2D eigenvalue weighted by Crippen LogP contribution is -2.34. The Labute approximate surface area is 143 Å². The van der Waals surface area contributed by atoms with Gasteiger partial charge in [-0.05, 0) is 35.9 Å². The number of carbonyl (C=O) groups excluding carboxylic acids is 2. The van der Waals surface area contributed by atoms with Gasteiger partial charge in [0.25, 0.3) is 11.8 Å². The van der Waals surface area contributed by atoms with Crippen LogP contribution in [0, 0.1) is 0 Å². The summed E-state index contributed by atoms with van der Waals surface area (Å²) in [6, 6.07) is 8.32. The molecule has 7 nitrogen and oxygen atoms in total. The normalized spacial score (nSPS) is 12.6. The molecule has 7 heteroatoms. The maximum absolute atomic E-state index is 12.3. The molecule has 0 atom stereocenters. The second-order valence-electron chi connectivity index (χ2n) is 5.10. The van der Waals surface area contributed by atoms with E-state index in [0.29, 0.717) is 17.1 Å². The van der Waals surface area contributed by atoms with E-state index in [1.807, 2.05) is 0 Å². The lowest BCUT2D eigenvalue weighted by Gasteiger charge is -2.09. The first-order valence-electron chi connectivity index (χ1n) is 7.52. The molecule has 0 aliphatic carbocycles. The highest BCUT2D eigenvalue weighted by molar-refractivity contribution is 6.04. The zero-order valence-electron chi connectivity index (χ0n) is 13.3. The Morgan fingerprint density at radius 1 is 1.20 bits per heavy atom. The van der Waals surface area contributed by atoms with Crippen molar-refractivity contribution in [2.24, 2.45) is 0 Å². The van der Waals surface area contributed by atoms with Crippen LogP contribution >= 0.6 is 0 Å². The lowest BCUT2D eigenvalue weighted by atomic mass is 10.1. The SMILES string of the molecule is C=CCNC(=O)/C(=C/c1ccc2c(c1)OCO2)NC(=O)c1ccco1. The van der Waals surface area contributed by atoms with Crippen molar-refractivity contribution in [1.82, 2.24) is 10.6 Å². The fourth-order valence-corrected chi connectivity index (χ4v) is 2.18. The molecule has 1 aromatic carbocycles. The van der Waals surface area contributed by atoms with Crippen LogP contribution in [0.1, 0.15) is 16.1 Å². The Bertz CT molecular complexity index is 824. The van der Waals surface area contributed by atoms with E-state index in [4.69, 9.17) is 13.9 Å². The molecular formula is C18H16N2O5. The summed E-state index contributed by atoms with van der Waals surface area (Å²) in [5, 5.41) is 5.18. The maximum atomic E-state index is 12.3. The maximum Gasteiger partial charge on any atom is 0.291 e. The summed E-state index contributed by atoms with van der Waals surface area (Å²) in [5.41, 5.74) is 0.745. The van der Waals surface area contributed by atoms with Gasteiger partial charge >= 0.3 is 0 Å². The van der Waals surface area contributed by atoms with Crippen molar-refractivity contribution in [2.75, 3.05) is 13.3 Å². The molecule has 0 radical (unpaired) electrons. The number of hydrogen-bond acceptors (Lipinski definition) is 5. The Hall–Kier alpha value is -3.48. The largest absolute Gasteiger partial charge is 0.459 e. The van der Waals surface area contributed by atoms with Gasteiger partial charge in [-0.25, -0.2) is 0 Å². The summed E-state index contributed by atoms with van der Waals surface area (Å²) in [7, 11) is 0. The molecule has 1 aliphatic heterocycles. The highest BCUT2D eigenvalue weighted by Crippen LogP contribution is 2.33. The first-order chi connectivity index (χ1) is 12.2. The number of rotatable bonds is 6. The molecule has 3 rings (SSSR count). The number of nitrogens with one attached hydrogen (secondary N) is 2. The molecule has 1 aromatic heterocycles. The van der Waals surface area contributed by atoms with Gasteiger partial charge in [-0.3, -0.25) is 9.59 Å². The van der Waals surface area contributed by atoms with Gasteiger partial charge in [0.05, 0.1) is 6.26 Å². The van der Waals surface area contributed by atoms with Gasteiger partial charge in [0, 0.05) is 6.54 Å². The summed E-state index contributed by atoms with van der Waals surface area (Å²) in [5.74, 6) is 0.350. The van der Waals surface area contributed by atoms with Crippen LogP contribution in [0.3, 0.4) is 0 Å². The van der Waals surface area contributed by atoms with Gasteiger partial charge < -0.3 is 24.5 Å². The third-order valence-electron chi connectivity index (χ3n) is 3.35. The Morgan fingerprint density at radius 3 is 2.80 bits per heavy atom. The second kappa shape index (κ2) is 7.39. The van der Waals surface area contributed by atoms with Crippen molar-refractivity contribution in [3.63, 3.8) is 0 Å². The molecule has 1 aliphatic rings. The van der Waals surface area contributed by atoms with Crippen LogP contribution in [-0.4, -0.2) is 25.2 Å². The molecule has 2 heterocycles. The minimum absolute atomic E-state index is 0.0714. The number of fused-ring (bicyclic) bond motifs is 1. The molecular weight excluding hydrogens is 324 g/mol. The molecule has 0 spiro atoms. The van der Waals surface area contributed by atoms with Crippen LogP contribution < -0.4 is 20.1 Å². The van der Waals surface area contributed by atoms with Gasteiger partial charge in [0.1, 0.15) is 5.70 Å². The predicted octanol–water partition coefficient (Wildman–Crippen LogP) is 2.08. The highest BCUT2D eigenvalue weighted by atomic mass is 16.7. The average Bonchev–Trinajstić information content (AvgIpc) is 3.29. The molecule has 2 N–H and O–H groups in total. The van der Waals surface area contributed by atoms with E-state index in [2.05, 4.69) is 17.2 Å². The van der Waals surface area contributed by atoms with Crippen LogP contribution in [-0.2, 0) is 4.79 Å². The predicted molar refractivity (Wildman–Crippen MR) is 89.9 cm³/mol. The fourth-order valence-electron chi connectivity index (χ4n) is 2.18. The van der Waals surface area contributed by atoms with Crippen molar-refractivity contribution < 1.29 is 23.5 Å². The summed E-state index contributed by atoms with van der Waals surface area (Å²) >= 11 is 0. The zero-order chi connectivity index (χ0) is 17.6. The summed E-state index contributed by atoms with van der Waals surface area (Å²) in [4.78, 5) is 24.5. The number of ether oxygens (including phenoxy) is 2. The van der Waals surface area contributed by atoms with Crippen LogP contribution in [0.15, 0.2) is 59.4 Å². The number of amides is 2. The first kappa shape index (κ1) is 16.4. The van der Waals surface area contributed by atoms with E-state index in [0.717, 1.165) is 0 Å². The standard InChI is InChI=1S/C18H16N2O5/c1-2-7-19-17(21)13(20-18(22)15-4-3-8-23-15)9-12-5-6-14-16(10-12)25-11-24-14/h2-6,8-10H,1,7,11H2,(H,19,21)(H,20,22)/b13-9-. The van der Waals surface area contributed by atoms with E-state index >= 15 is 0 Å². The number of furan rings is 1. The Kier molecular flexibility index (Phi) is 4.84. The van der Waals surface area contributed by atoms with Crippen molar-refractivity contribution in [3.05, 3.63) is 66.3 Å². The van der Waals surface area contributed by atoms with Crippen LogP contribution in [0.4, 0.5) is 0 Å². The molecule has 0 saturated carbocycles. The second-order valence-corrected chi connectivity index (χ2v) is 5.10. The van der Waals surface area contributed by atoms with E-state index < -0.39 is 11.8 Å². The molecule has 0 unspecified atom stereocenters. The minimum Gasteiger partial charge on any atom is -0.459 e. The van der Waals surface area contributed by atoms with Crippen LogP contribution in [0.25, 0.3) is 6.08 Å². The van der Waals surface area contributed by atoms with Crippen molar-refractivity contribution >= 4 is 17.9 Å². The molecule has 2 aromatic rings. The molecule has 0 bridgehead atoms. The number of benzene rings is 1. The van der Waals surface area contributed by atoms with Crippen molar-refractivity contribution in [3.8, 4) is 11.5 Å². The minimum atomic E-state index is -0.522. The smallest absolute Gasteiger partial charge is 0.291 e. The van der Waals surface area contributed by atoms with Gasteiger partial charge in [0.2, 0.25) is 6.79 Å². The third kappa shape index (κ3) is 3.89. The molecule has 0 saturated heterocycles. The topological polar surface area (TPSA) is 89.8 Å². The summed E-state index contributed by atoms with van der Waals surface area (Å²) in [6.45, 7) is 3.98. The first-order valence-corrected chi connectivity index (χ1v) is 7.52. The average molecular weight is 340 g/mol. The van der Waals surface area contributed by atoms with E-state index in [1.165, 1.54) is 12.3 Å². The number of hydrogen-bond donors (Lipinski definition) is 2. The van der Waals surface area contributed by atoms with Gasteiger partial charge in [-0.2, -0.15) is 0 Å². The fraction of sp³-hybridized carbons (Fsp3) is 0.111. The van der Waals surface area contributed by atoms with Gasteiger partial charge in [-0.15, -0.1) is 6.58 Å². The van der Waals surface area contributed by atoms with Gasteiger partial charge in [-0.1, -0.05) is 12.1 Å². The van der Waals surface area contributed by atoms with E-state index in [1.54, 1.807) is 36.4 Å². The molecule has 0 fully saturated rings. The van der Waals surface area contributed by atoms with Gasteiger partial charge in [0.15, 0.2) is 17.3 Å². The van der Waals surface area contributed by atoms with Crippen molar-refractivity contribution in [2.45, 2.75) is 0 Å². The molecule has 2 amide bonds. The highest BCUT2D eigenvalue weighted by Gasteiger charge is 2.17.